The summed E-state index contributed by atoms with van der Waals surface area (Å²) in [5.74, 6) is 2.12. The molecule has 0 bridgehead atoms. The minimum atomic E-state index is -0.214. The fourth-order valence-electron chi connectivity index (χ4n) is 1.87. The number of nitrogens with one attached hydrogen (secondary N) is 1. The predicted molar refractivity (Wildman–Crippen MR) is 72.5 cm³/mol. The Bertz CT molecular complexity index is 726. The van der Waals surface area contributed by atoms with Crippen LogP contribution in [0.4, 0.5) is 0 Å². The van der Waals surface area contributed by atoms with Crippen LogP contribution in [0.2, 0.25) is 0 Å². The maximum absolute atomic E-state index is 11.9. The summed E-state index contributed by atoms with van der Waals surface area (Å²) in [6.45, 7) is 0.183. The number of fused-ring (bicyclic) bond motifs is 1. The first-order chi connectivity index (χ1) is 9.13. The monoisotopic (exact) mass is 255 g/mol. The van der Waals surface area contributed by atoms with Gasteiger partial charge in [-0.25, -0.2) is 4.68 Å². The third-order valence-corrected chi connectivity index (χ3v) is 2.75. The molecule has 0 spiro atoms. The largest absolute Gasteiger partial charge is 0.345 e. The number of terminal acetylenes is 1. The standard InChI is InChI=1S/C14H13N3O2/c1-3-8-15-13(18)9-12-10-6-4-5-7-11(10)14(19)17(2)16-12/h1,4-7H,8-9H2,2H3,(H,15,18). The molecule has 1 aromatic heterocycles. The van der Waals surface area contributed by atoms with E-state index in [4.69, 9.17) is 6.42 Å². The molecule has 0 saturated carbocycles. The Hall–Kier alpha value is -2.61. The highest BCUT2D eigenvalue weighted by atomic mass is 16.1. The molecule has 96 valence electrons. The number of aryl methyl sites for hydroxylation is 1. The molecule has 2 rings (SSSR count). The van der Waals surface area contributed by atoms with Crippen molar-refractivity contribution in [2.24, 2.45) is 7.05 Å². The molecule has 2 aromatic rings. The van der Waals surface area contributed by atoms with Crippen molar-refractivity contribution < 1.29 is 4.79 Å². The SMILES string of the molecule is C#CCNC(=O)Cc1nn(C)c(=O)c2ccccc12. The Kier molecular flexibility index (Phi) is 3.62. The Labute approximate surface area is 110 Å². The summed E-state index contributed by atoms with van der Waals surface area (Å²) in [5.41, 5.74) is 0.385. The van der Waals surface area contributed by atoms with E-state index in [0.29, 0.717) is 16.5 Å². The van der Waals surface area contributed by atoms with Gasteiger partial charge < -0.3 is 5.32 Å². The summed E-state index contributed by atoms with van der Waals surface area (Å²) in [4.78, 5) is 23.6. The Morgan fingerprint density at radius 1 is 1.42 bits per heavy atom. The van der Waals surface area contributed by atoms with Crippen LogP contribution in [0, 0.1) is 12.3 Å². The normalized spacial score (nSPS) is 10.1. The summed E-state index contributed by atoms with van der Waals surface area (Å²) in [5, 5.41) is 7.97. The van der Waals surface area contributed by atoms with Crippen LogP contribution < -0.4 is 10.9 Å². The van der Waals surface area contributed by atoms with Crippen molar-refractivity contribution in [1.82, 2.24) is 15.1 Å². The summed E-state index contributed by atoms with van der Waals surface area (Å²) < 4.78 is 1.24. The van der Waals surface area contributed by atoms with Crippen molar-refractivity contribution in [1.29, 1.82) is 0 Å². The van der Waals surface area contributed by atoms with Crippen LogP contribution >= 0.6 is 0 Å². The average Bonchev–Trinajstić information content (AvgIpc) is 2.42. The number of amides is 1. The second-order valence-corrected chi connectivity index (χ2v) is 4.08. The van der Waals surface area contributed by atoms with Gasteiger partial charge >= 0.3 is 0 Å². The van der Waals surface area contributed by atoms with E-state index in [1.165, 1.54) is 4.68 Å². The molecule has 1 N–H and O–H groups in total. The molecule has 0 aliphatic rings. The lowest BCUT2D eigenvalue weighted by molar-refractivity contribution is -0.120. The lowest BCUT2D eigenvalue weighted by atomic mass is 10.1. The minimum Gasteiger partial charge on any atom is -0.345 e. The van der Waals surface area contributed by atoms with Gasteiger partial charge in [-0.05, 0) is 6.07 Å². The summed E-state index contributed by atoms with van der Waals surface area (Å²) >= 11 is 0. The van der Waals surface area contributed by atoms with Crippen molar-refractivity contribution in [2.75, 3.05) is 6.54 Å². The topological polar surface area (TPSA) is 64.0 Å². The fourth-order valence-corrected chi connectivity index (χ4v) is 1.87. The number of carbonyl (C=O) groups excluding carboxylic acids is 1. The zero-order valence-electron chi connectivity index (χ0n) is 10.5. The van der Waals surface area contributed by atoms with Crippen molar-refractivity contribution in [2.45, 2.75) is 6.42 Å². The van der Waals surface area contributed by atoms with Gasteiger partial charge in [0.2, 0.25) is 5.91 Å². The van der Waals surface area contributed by atoms with Gasteiger partial charge in [0.05, 0.1) is 24.0 Å². The average molecular weight is 255 g/mol. The van der Waals surface area contributed by atoms with Gasteiger partial charge in [-0.1, -0.05) is 24.1 Å². The van der Waals surface area contributed by atoms with E-state index in [1.54, 1.807) is 25.2 Å². The second-order valence-electron chi connectivity index (χ2n) is 4.08. The number of aromatic nitrogens is 2. The molecule has 1 heterocycles. The molecule has 5 nitrogen and oxygen atoms in total. The summed E-state index contributed by atoms with van der Waals surface area (Å²) in [6.07, 6.45) is 5.17. The first-order valence-corrected chi connectivity index (χ1v) is 5.78. The second kappa shape index (κ2) is 5.36. The molecule has 0 aliphatic carbocycles. The van der Waals surface area contributed by atoms with Crippen molar-refractivity contribution >= 4 is 16.7 Å². The zero-order chi connectivity index (χ0) is 13.8. The Morgan fingerprint density at radius 3 is 2.79 bits per heavy atom. The first-order valence-electron chi connectivity index (χ1n) is 5.78. The minimum absolute atomic E-state index is 0.0936. The van der Waals surface area contributed by atoms with Gasteiger partial charge in [0.15, 0.2) is 0 Å². The molecule has 1 amide bonds. The first kappa shape index (κ1) is 12.8. The molecule has 0 atom stereocenters. The summed E-state index contributed by atoms with van der Waals surface area (Å²) in [7, 11) is 1.57. The number of hydrogen-bond acceptors (Lipinski definition) is 3. The summed E-state index contributed by atoms with van der Waals surface area (Å²) in [6, 6.07) is 7.11. The van der Waals surface area contributed by atoms with E-state index >= 15 is 0 Å². The van der Waals surface area contributed by atoms with E-state index in [0.717, 1.165) is 0 Å². The van der Waals surface area contributed by atoms with Crippen LogP contribution in [-0.2, 0) is 18.3 Å². The molecule has 5 heteroatoms. The van der Waals surface area contributed by atoms with Crippen LogP contribution in [0.1, 0.15) is 5.69 Å². The number of rotatable bonds is 3. The van der Waals surface area contributed by atoms with Gasteiger partial charge in [-0.3, -0.25) is 9.59 Å². The van der Waals surface area contributed by atoms with Crippen molar-refractivity contribution in [3.05, 3.63) is 40.3 Å². The molecule has 1 aromatic carbocycles. The van der Waals surface area contributed by atoms with Gasteiger partial charge in [0, 0.05) is 12.4 Å². The number of carbonyl (C=O) groups is 1. The van der Waals surface area contributed by atoms with Gasteiger partial charge in [-0.15, -0.1) is 6.42 Å². The zero-order valence-corrected chi connectivity index (χ0v) is 10.5. The molecule has 0 fully saturated rings. The number of nitrogens with zero attached hydrogens (tertiary/aromatic N) is 2. The van der Waals surface area contributed by atoms with Crippen molar-refractivity contribution in [3.63, 3.8) is 0 Å². The molecular formula is C14H13N3O2. The van der Waals surface area contributed by atoms with Crippen LogP contribution in [0.3, 0.4) is 0 Å². The number of hydrogen-bond donors (Lipinski definition) is 1. The third-order valence-electron chi connectivity index (χ3n) is 2.75. The quantitative estimate of drug-likeness (QED) is 0.798. The lowest BCUT2D eigenvalue weighted by Crippen LogP contribution is -2.28. The highest BCUT2D eigenvalue weighted by Gasteiger charge is 2.11. The van der Waals surface area contributed by atoms with E-state index in [-0.39, 0.29) is 24.4 Å². The molecule has 0 radical (unpaired) electrons. The van der Waals surface area contributed by atoms with E-state index in [1.807, 2.05) is 6.07 Å². The Balaban J connectivity index is 2.44. The van der Waals surface area contributed by atoms with Gasteiger partial charge in [0.1, 0.15) is 0 Å². The molecule has 0 saturated heterocycles. The molecular weight excluding hydrogens is 242 g/mol. The number of benzene rings is 1. The maximum atomic E-state index is 11.9. The van der Waals surface area contributed by atoms with Gasteiger partial charge in [0.25, 0.3) is 5.56 Å². The lowest BCUT2D eigenvalue weighted by Gasteiger charge is -2.07. The maximum Gasteiger partial charge on any atom is 0.274 e. The predicted octanol–water partition coefficient (Wildman–Crippen LogP) is 0.225. The van der Waals surface area contributed by atoms with Crippen molar-refractivity contribution in [3.8, 4) is 12.3 Å². The van der Waals surface area contributed by atoms with E-state index in [9.17, 15) is 9.59 Å². The van der Waals surface area contributed by atoms with E-state index < -0.39 is 0 Å². The van der Waals surface area contributed by atoms with Crippen LogP contribution in [-0.4, -0.2) is 22.2 Å². The van der Waals surface area contributed by atoms with Gasteiger partial charge in [-0.2, -0.15) is 5.10 Å². The van der Waals surface area contributed by atoms with Crippen LogP contribution in [0.15, 0.2) is 29.1 Å². The third kappa shape index (κ3) is 2.63. The smallest absolute Gasteiger partial charge is 0.274 e. The molecule has 0 unspecified atom stereocenters. The van der Waals surface area contributed by atoms with E-state index in [2.05, 4.69) is 16.3 Å². The fraction of sp³-hybridized carbons (Fsp3) is 0.214. The Morgan fingerprint density at radius 2 is 2.11 bits per heavy atom. The van der Waals surface area contributed by atoms with Crippen LogP contribution in [0.25, 0.3) is 10.8 Å². The highest BCUT2D eigenvalue weighted by Crippen LogP contribution is 2.13. The molecule has 0 aliphatic heterocycles. The molecule has 19 heavy (non-hydrogen) atoms. The van der Waals surface area contributed by atoms with Crippen LogP contribution in [0.5, 0.6) is 0 Å². The highest BCUT2D eigenvalue weighted by molar-refractivity contribution is 5.88.